The number of rotatable bonds is 3. The van der Waals surface area contributed by atoms with Crippen LogP contribution in [0.3, 0.4) is 0 Å². The molecule has 118 valence electrons. The second-order valence-corrected chi connectivity index (χ2v) is 8.89. The summed E-state index contributed by atoms with van der Waals surface area (Å²) in [6.07, 6.45) is 4.28. The van der Waals surface area contributed by atoms with Crippen LogP contribution >= 0.6 is 0 Å². The zero-order valence-electron chi connectivity index (χ0n) is 12.9. The van der Waals surface area contributed by atoms with Gasteiger partial charge in [-0.25, -0.2) is 12.8 Å². The van der Waals surface area contributed by atoms with Crippen molar-refractivity contribution in [3.05, 3.63) is 35.1 Å². The molecule has 3 nitrogen and oxygen atoms in total. The molecule has 0 radical (unpaired) electrons. The predicted molar refractivity (Wildman–Crippen MR) is 83.3 cm³/mol. The predicted octanol–water partition coefficient (Wildman–Crippen LogP) is 2.91. The van der Waals surface area contributed by atoms with Gasteiger partial charge in [-0.2, -0.15) is 0 Å². The lowest BCUT2D eigenvalue weighted by molar-refractivity contribution is 0.225. The molecule has 3 unspecified atom stereocenters. The fraction of sp³-hybridized carbons (Fsp3) is 0.625. The van der Waals surface area contributed by atoms with Gasteiger partial charge in [0.15, 0.2) is 0 Å². The third kappa shape index (κ3) is 3.46. The SMILES string of the molecule is Cc1ccc(C(C)(N)C2CCCC(S(C)(=O)=O)C2)cc1F. The molecule has 1 aromatic rings. The van der Waals surface area contributed by atoms with Crippen molar-refractivity contribution < 1.29 is 12.8 Å². The van der Waals surface area contributed by atoms with Gasteiger partial charge in [0.25, 0.3) is 0 Å². The molecular formula is C16H24FNO2S. The lowest BCUT2D eigenvalue weighted by Gasteiger charge is -2.39. The summed E-state index contributed by atoms with van der Waals surface area (Å²) >= 11 is 0. The Morgan fingerprint density at radius 3 is 2.57 bits per heavy atom. The Bertz CT molecular complexity index is 625. The van der Waals surface area contributed by atoms with E-state index in [9.17, 15) is 12.8 Å². The summed E-state index contributed by atoms with van der Waals surface area (Å²) in [5.74, 6) is -0.215. The standard InChI is InChI=1S/C16H24FNO2S/c1-11-7-8-13(10-15(11)17)16(2,18)12-5-4-6-14(9-12)21(3,19)20/h7-8,10,12,14H,4-6,9,18H2,1-3H3. The van der Waals surface area contributed by atoms with Crippen molar-refractivity contribution in [1.82, 2.24) is 0 Å². The van der Waals surface area contributed by atoms with Gasteiger partial charge in [-0.1, -0.05) is 18.6 Å². The van der Waals surface area contributed by atoms with Crippen LogP contribution in [0.25, 0.3) is 0 Å². The van der Waals surface area contributed by atoms with E-state index in [0.717, 1.165) is 18.4 Å². The molecule has 1 aliphatic rings. The van der Waals surface area contributed by atoms with Crippen molar-refractivity contribution in [2.45, 2.75) is 50.3 Å². The first-order valence-corrected chi connectivity index (χ1v) is 9.32. The van der Waals surface area contributed by atoms with Gasteiger partial charge in [0.2, 0.25) is 0 Å². The fourth-order valence-electron chi connectivity index (χ4n) is 3.24. The molecule has 5 heteroatoms. The summed E-state index contributed by atoms with van der Waals surface area (Å²) in [6.45, 7) is 3.60. The molecule has 0 heterocycles. The molecule has 21 heavy (non-hydrogen) atoms. The zero-order chi connectivity index (χ0) is 15.8. The van der Waals surface area contributed by atoms with Gasteiger partial charge in [-0.3, -0.25) is 0 Å². The van der Waals surface area contributed by atoms with E-state index in [2.05, 4.69) is 0 Å². The van der Waals surface area contributed by atoms with Gasteiger partial charge in [-0.05, 0) is 56.2 Å². The molecule has 0 bridgehead atoms. The maximum absolute atomic E-state index is 13.8. The Balaban J connectivity index is 2.28. The molecule has 1 fully saturated rings. The second kappa shape index (κ2) is 5.69. The summed E-state index contributed by atoms with van der Waals surface area (Å²) < 4.78 is 37.4. The Kier molecular flexibility index (Phi) is 4.45. The first-order chi connectivity index (χ1) is 9.62. The minimum atomic E-state index is -3.05. The fourth-order valence-corrected chi connectivity index (χ4v) is 4.42. The number of benzene rings is 1. The maximum Gasteiger partial charge on any atom is 0.150 e. The normalized spacial score (nSPS) is 26.3. The van der Waals surface area contributed by atoms with Crippen molar-refractivity contribution in [3.8, 4) is 0 Å². The minimum Gasteiger partial charge on any atom is -0.321 e. The third-order valence-electron chi connectivity index (χ3n) is 4.87. The van der Waals surface area contributed by atoms with Gasteiger partial charge in [-0.15, -0.1) is 0 Å². The van der Waals surface area contributed by atoms with E-state index in [1.165, 1.54) is 12.3 Å². The minimum absolute atomic E-state index is 0.0491. The van der Waals surface area contributed by atoms with E-state index in [4.69, 9.17) is 5.73 Å². The highest BCUT2D eigenvalue weighted by Gasteiger charge is 2.38. The summed E-state index contributed by atoms with van der Waals surface area (Å²) in [7, 11) is -3.05. The Morgan fingerprint density at radius 1 is 1.33 bits per heavy atom. The third-order valence-corrected chi connectivity index (χ3v) is 6.51. The molecule has 1 aliphatic carbocycles. The van der Waals surface area contributed by atoms with Gasteiger partial charge in [0.05, 0.1) is 5.25 Å². The lowest BCUT2D eigenvalue weighted by Crippen LogP contribution is -2.45. The average Bonchev–Trinajstić information content (AvgIpc) is 2.41. The van der Waals surface area contributed by atoms with Gasteiger partial charge in [0, 0.05) is 11.8 Å². The van der Waals surface area contributed by atoms with Crippen molar-refractivity contribution in [1.29, 1.82) is 0 Å². The molecule has 2 rings (SSSR count). The first kappa shape index (κ1) is 16.4. The molecule has 0 spiro atoms. The molecular weight excluding hydrogens is 289 g/mol. The number of hydrogen-bond acceptors (Lipinski definition) is 3. The molecule has 0 saturated heterocycles. The highest BCUT2D eigenvalue weighted by molar-refractivity contribution is 7.91. The summed E-state index contributed by atoms with van der Waals surface area (Å²) in [4.78, 5) is 0. The van der Waals surface area contributed by atoms with Crippen molar-refractivity contribution in [2.75, 3.05) is 6.26 Å². The average molecular weight is 313 g/mol. The second-order valence-electron chi connectivity index (χ2n) is 6.56. The molecule has 2 N–H and O–H groups in total. The van der Waals surface area contributed by atoms with E-state index >= 15 is 0 Å². The Labute approximate surface area is 126 Å². The molecule has 0 amide bonds. The smallest absolute Gasteiger partial charge is 0.150 e. The molecule has 1 saturated carbocycles. The van der Waals surface area contributed by atoms with Gasteiger partial charge in [0.1, 0.15) is 15.7 Å². The monoisotopic (exact) mass is 313 g/mol. The number of nitrogens with two attached hydrogens (primary N) is 1. The zero-order valence-corrected chi connectivity index (χ0v) is 13.7. The first-order valence-electron chi connectivity index (χ1n) is 7.36. The Morgan fingerprint density at radius 2 is 2.00 bits per heavy atom. The van der Waals surface area contributed by atoms with E-state index < -0.39 is 15.4 Å². The van der Waals surface area contributed by atoms with Gasteiger partial charge < -0.3 is 5.73 Å². The van der Waals surface area contributed by atoms with E-state index in [0.29, 0.717) is 18.4 Å². The van der Waals surface area contributed by atoms with Crippen LogP contribution in [0, 0.1) is 18.7 Å². The largest absolute Gasteiger partial charge is 0.321 e. The van der Waals surface area contributed by atoms with Crippen LogP contribution in [-0.2, 0) is 15.4 Å². The Hall–Kier alpha value is -0.940. The molecule has 0 aromatic heterocycles. The number of sulfone groups is 1. The van der Waals surface area contributed by atoms with Crippen LogP contribution in [0.15, 0.2) is 18.2 Å². The van der Waals surface area contributed by atoms with E-state index in [-0.39, 0.29) is 17.0 Å². The van der Waals surface area contributed by atoms with Crippen LogP contribution in [-0.4, -0.2) is 19.9 Å². The van der Waals surface area contributed by atoms with Crippen LogP contribution in [0.2, 0.25) is 0 Å². The highest BCUT2D eigenvalue weighted by Crippen LogP contribution is 2.39. The topological polar surface area (TPSA) is 60.2 Å². The summed E-state index contributed by atoms with van der Waals surface area (Å²) in [5.41, 5.74) is 7.10. The number of hydrogen-bond donors (Lipinski definition) is 1. The molecule has 3 atom stereocenters. The van der Waals surface area contributed by atoms with Gasteiger partial charge >= 0.3 is 0 Å². The van der Waals surface area contributed by atoms with Crippen molar-refractivity contribution in [2.24, 2.45) is 11.7 Å². The molecule has 0 aliphatic heterocycles. The van der Waals surface area contributed by atoms with Crippen LogP contribution in [0.5, 0.6) is 0 Å². The summed E-state index contributed by atoms with van der Waals surface area (Å²) in [6, 6.07) is 5.06. The highest BCUT2D eigenvalue weighted by atomic mass is 32.2. The van der Waals surface area contributed by atoms with Crippen molar-refractivity contribution >= 4 is 9.84 Å². The van der Waals surface area contributed by atoms with Crippen LogP contribution in [0.1, 0.15) is 43.7 Å². The number of aryl methyl sites for hydroxylation is 1. The summed E-state index contributed by atoms with van der Waals surface area (Å²) in [5, 5.41) is -0.325. The molecule has 1 aromatic carbocycles. The van der Waals surface area contributed by atoms with E-state index in [1.54, 1.807) is 13.0 Å². The van der Waals surface area contributed by atoms with Crippen LogP contribution in [0.4, 0.5) is 4.39 Å². The van der Waals surface area contributed by atoms with Crippen molar-refractivity contribution in [3.63, 3.8) is 0 Å². The quantitative estimate of drug-likeness (QED) is 0.933. The number of halogens is 1. The maximum atomic E-state index is 13.8. The lowest BCUT2D eigenvalue weighted by atomic mass is 9.72. The van der Waals surface area contributed by atoms with E-state index in [1.807, 2.05) is 13.0 Å². The van der Waals surface area contributed by atoms with Crippen LogP contribution < -0.4 is 5.73 Å².